The van der Waals surface area contributed by atoms with E-state index in [2.05, 4.69) is 20.9 Å². The number of guanidine groups is 1. The van der Waals surface area contributed by atoms with Gasteiger partial charge in [0.05, 0.1) is 18.6 Å². The molecule has 0 saturated heterocycles. The van der Waals surface area contributed by atoms with Crippen LogP contribution in [0.25, 0.3) is 0 Å². The fourth-order valence-electron chi connectivity index (χ4n) is 3.29. The second-order valence-electron chi connectivity index (χ2n) is 7.72. The van der Waals surface area contributed by atoms with Gasteiger partial charge < -0.3 is 25.4 Å². The Labute approximate surface area is 191 Å². The van der Waals surface area contributed by atoms with E-state index in [1.54, 1.807) is 21.2 Å². The van der Waals surface area contributed by atoms with Crippen LogP contribution in [0.4, 0.5) is 0 Å². The van der Waals surface area contributed by atoms with E-state index in [0.29, 0.717) is 19.0 Å². The minimum absolute atomic E-state index is 0. The number of aliphatic imine (C=N–C) groups is 1. The highest BCUT2D eigenvalue weighted by Crippen LogP contribution is 2.34. The highest BCUT2D eigenvalue weighted by molar-refractivity contribution is 14.0. The molecule has 2 rings (SSSR count). The molecule has 0 radical (unpaired) electrons. The number of amides is 1. The molecule has 0 unspecified atom stereocenters. The first-order chi connectivity index (χ1) is 13.4. The second-order valence-corrected chi connectivity index (χ2v) is 7.72. The van der Waals surface area contributed by atoms with E-state index in [4.69, 9.17) is 9.47 Å². The Hall–Kier alpha value is -1.71. The molecule has 8 heteroatoms. The number of para-hydroxylation sites is 1. The van der Waals surface area contributed by atoms with E-state index in [0.717, 1.165) is 29.9 Å². The monoisotopic (exact) mass is 518 g/mol. The molecule has 164 valence electrons. The molecule has 1 aliphatic carbocycles. The van der Waals surface area contributed by atoms with Gasteiger partial charge in [-0.3, -0.25) is 9.79 Å². The van der Waals surface area contributed by atoms with Crippen LogP contribution in [0.2, 0.25) is 0 Å². The lowest BCUT2D eigenvalue weighted by atomic mass is 9.92. The average Bonchev–Trinajstić information content (AvgIpc) is 3.21. The summed E-state index contributed by atoms with van der Waals surface area (Å²) < 4.78 is 11.8. The molecule has 0 atom stereocenters. The third kappa shape index (κ3) is 7.24. The molecule has 0 aromatic heterocycles. The number of benzene rings is 1. The molecular weight excluding hydrogens is 483 g/mol. The Morgan fingerprint density at radius 2 is 1.93 bits per heavy atom. The zero-order valence-corrected chi connectivity index (χ0v) is 20.5. The van der Waals surface area contributed by atoms with E-state index in [-0.39, 0.29) is 36.0 Å². The highest BCUT2D eigenvalue weighted by atomic mass is 127. The molecule has 0 heterocycles. The third-order valence-corrected chi connectivity index (χ3v) is 5.08. The molecule has 0 aliphatic heterocycles. The van der Waals surface area contributed by atoms with Crippen molar-refractivity contribution < 1.29 is 14.3 Å². The van der Waals surface area contributed by atoms with Gasteiger partial charge in [-0.15, -0.1) is 24.0 Å². The summed E-state index contributed by atoms with van der Waals surface area (Å²) in [6.07, 6.45) is 4.85. The van der Waals surface area contributed by atoms with Crippen LogP contribution in [0.1, 0.15) is 45.1 Å². The lowest BCUT2D eigenvalue weighted by Crippen LogP contribution is -2.47. The second kappa shape index (κ2) is 12.1. The van der Waals surface area contributed by atoms with Crippen molar-refractivity contribution >= 4 is 35.8 Å². The number of carbonyl (C=O) groups excluding carboxylic acids is 1. The molecule has 0 spiro atoms. The topological polar surface area (TPSA) is 84.0 Å². The first-order valence-corrected chi connectivity index (χ1v) is 9.90. The third-order valence-electron chi connectivity index (χ3n) is 5.08. The van der Waals surface area contributed by atoms with Gasteiger partial charge in [0.15, 0.2) is 17.5 Å². The molecule has 1 fully saturated rings. The maximum atomic E-state index is 12.0. The van der Waals surface area contributed by atoms with Crippen molar-refractivity contribution in [3.8, 4) is 11.5 Å². The summed E-state index contributed by atoms with van der Waals surface area (Å²) >= 11 is 0. The highest BCUT2D eigenvalue weighted by Gasteiger charge is 2.26. The van der Waals surface area contributed by atoms with Gasteiger partial charge >= 0.3 is 0 Å². The lowest BCUT2D eigenvalue weighted by Gasteiger charge is -2.24. The van der Waals surface area contributed by atoms with Crippen LogP contribution in [0.3, 0.4) is 0 Å². The van der Waals surface area contributed by atoms with Crippen molar-refractivity contribution in [2.24, 2.45) is 10.4 Å². The van der Waals surface area contributed by atoms with Crippen LogP contribution >= 0.6 is 24.0 Å². The van der Waals surface area contributed by atoms with E-state index in [9.17, 15) is 4.79 Å². The fourth-order valence-corrected chi connectivity index (χ4v) is 3.29. The number of nitrogens with zero attached hydrogens (tertiary/aromatic N) is 1. The van der Waals surface area contributed by atoms with E-state index >= 15 is 0 Å². The largest absolute Gasteiger partial charge is 0.493 e. The number of halogens is 1. The zero-order chi connectivity index (χ0) is 20.6. The van der Waals surface area contributed by atoms with E-state index in [1.807, 2.05) is 32.0 Å². The Morgan fingerprint density at radius 3 is 2.52 bits per heavy atom. The van der Waals surface area contributed by atoms with Crippen molar-refractivity contribution in [3.63, 3.8) is 0 Å². The molecule has 1 amide bonds. The van der Waals surface area contributed by atoms with Crippen LogP contribution in [0.5, 0.6) is 11.5 Å². The molecule has 7 nitrogen and oxygen atoms in total. The minimum Gasteiger partial charge on any atom is -0.493 e. The minimum atomic E-state index is -0.543. The fraction of sp³-hybridized carbons (Fsp3) is 0.619. The Balaban J connectivity index is 0.00000420. The van der Waals surface area contributed by atoms with Crippen LogP contribution in [0.15, 0.2) is 23.2 Å². The number of rotatable bonds is 8. The lowest BCUT2D eigenvalue weighted by molar-refractivity contribution is -0.128. The molecule has 1 aromatic rings. The first-order valence-electron chi connectivity index (χ1n) is 9.90. The molecule has 1 aliphatic rings. The number of carbonyl (C=O) groups is 1. The van der Waals surface area contributed by atoms with Gasteiger partial charge in [-0.05, 0) is 45.6 Å². The van der Waals surface area contributed by atoms with Gasteiger partial charge in [0.25, 0.3) is 0 Å². The maximum absolute atomic E-state index is 12.0. The Bertz CT molecular complexity index is 689. The number of methoxy groups -OCH3 is 1. The van der Waals surface area contributed by atoms with Crippen molar-refractivity contribution in [1.82, 2.24) is 16.0 Å². The number of ether oxygens (including phenoxy) is 2. The van der Waals surface area contributed by atoms with Gasteiger partial charge in [0.1, 0.15) is 0 Å². The molecule has 3 N–H and O–H groups in total. The average molecular weight is 518 g/mol. The van der Waals surface area contributed by atoms with Gasteiger partial charge in [-0.25, -0.2) is 0 Å². The van der Waals surface area contributed by atoms with Gasteiger partial charge in [0, 0.05) is 32.7 Å². The van der Waals surface area contributed by atoms with E-state index in [1.165, 1.54) is 12.8 Å². The van der Waals surface area contributed by atoms with Crippen LogP contribution < -0.4 is 25.4 Å². The van der Waals surface area contributed by atoms with Crippen LogP contribution in [0, 0.1) is 5.41 Å². The number of hydrogen-bond acceptors (Lipinski definition) is 4. The molecule has 29 heavy (non-hydrogen) atoms. The number of nitrogens with one attached hydrogen (secondary N) is 3. The molecule has 1 aromatic carbocycles. The zero-order valence-electron chi connectivity index (χ0n) is 18.1. The summed E-state index contributed by atoms with van der Waals surface area (Å²) in [7, 11) is 5.02. The van der Waals surface area contributed by atoms with Crippen molar-refractivity contribution in [1.29, 1.82) is 0 Å². The van der Waals surface area contributed by atoms with Crippen LogP contribution in [-0.2, 0) is 11.3 Å². The summed E-state index contributed by atoms with van der Waals surface area (Å²) in [5.74, 6) is 2.16. The van der Waals surface area contributed by atoms with Gasteiger partial charge in [-0.1, -0.05) is 12.1 Å². The van der Waals surface area contributed by atoms with Crippen molar-refractivity contribution in [2.75, 3.05) is 27.7 Å². The van der Waals surface area contributed by atoms with Crippen molar-refractivity contribution in [3.05, 3.63) is 23.8 Å². The Kier molecular flexibility index (Phi) is 10.6. The van der Waals surface area contributed by atoms with Crippen molar-refractivity contribution in [2.45, 2.75) is 52.2 Å². The quantitative estimate of drug-likeness (QED) is 0.280. The summed E-state index contributed by atoms with van der Waals surface area (Å²) in [6, 6.07) is 5.91. The van der Waals surface area contributed by atoms with Gasteiger partial charge in [0.2, 0.25) is 5.91 Å². The molecular formula is C21H35IN4O3. The molecule has 1 saturated carbocycles. The summed E-state index contributed by atoms with van der Waals surface area (Å²) in [4.78, 5) is 16.2. The van der Waals surface area contributed by atoms with Crippen LogP contribution in [-0.4, -0.2) is 45.7 Å². The van der Waals surface area contributed by atoms with Gasteiger partial charge in [-0.2, -0.15) is 0 Å². The predicted molar refractivity (Wildman–Crippen MR) is 127 cm³/mol. The summed E-state index contributed by atoms with van der Waals surface area (Å²) in [6.45, 7) is 4.79. The standard InChI is InChI=1S/C21H34N4O3.HI/c1-21(2,19(26)22-3)14-25-20(23-4)24-13-15-9-8-12-17(27-5)18(15)28-16-10-6-7-11-16;/h8-9,12,16H,6-7,10-11,13-14H2,1-5H3,(H,22,26)(H2,23,24,25);1H. The summed E-state index contributed by atoms with van der Waals surface area (Å²) in [5, 5.41) is 9.22. The SMILES string of the molecule is CN=C(NCc1cccc(OC)c1OC1CCCC1)NCC(C)(C)C(=O)NC.I. The van der Waals surface area contributed by atoms with E-state index < -0.39 is 5.41 Å². The number of hydrogen-bond donors (Lipinski definition) is 3. The predicted octanol–water partition coefficient (Wildman–Crippen LogP) is 3.07. The Morgan fingerprint density at radius 1 is 1.24 bits per heavy atom. The normalized spacial score (nSPS) is 14.7. The summed E-state index contributed by atoms with van der Waals surface area (Å²) in [5.41, 5.74) is 0.471. The molecule has 0 bridgehead atoms. The maximum Gasteiger partial charge on any atom is 0.227 e. The first kappa shape index (κ1) is 25.3. The smallest absolute Gasteiger partial charge is 0.227 e.